The fraction of sp³-hybridized carbons (Fsp3) is 0.455. The molecular weight excluding hydrogens is 320 g/mol. The molecule has 0 atom stereocenters. The number of nitrogens with zero attached hydrogens (tertiary/aromatic N) is 3. The van der Waals surface area contributed by atoms with Gasteiger partial charge >= 0.3 is 0 Å². The first-order chi connectivity index (χ1) is 8.45. The van der Waals surface area contributed by atoms with Crippen molar-refractivity contribution < 1.29 is 5.21 Å². The summed E-state index contributed by atoms with van der Waals surface area (Å²) in [5, 5.41) is 12.1. The number of hydrogen-bond donors (Lipinski definition) is 2. The lowest BCUT2D eigenvalue weighted by Crippen LogP contribution is -2.34. The summed E-state index contributed by atoms with van der Waals surface area (Å²) in [6.45, 7) is 4.65. The third-order valence-electron chi connectivity index (χ3n) is 2.42. The Kier molecular flexibility index (Phi) is 5.68. The van der Waals surface area contributed by atoms with Crippen molar-refractivity contribution in [3.8, 4) is 0 Å². The van der Waals surface area contributed by atoms with Crippen LogP contribution in [0.3, 0.4) is 0 Å². The first kappa shape index (κ1) is 15.0. The highest BCUT2D eigenvalue weighted by molar-refractivity contribution is 9.10. The van der Waals surface area contributed by atoms with Crippen LogP contribution in [-0.2, 0) is 0 Å². The number of halogens is 2. The fourth-order valence-corrected chi connectivity index (χ4v) is 2.25. The zero-order chi connectivity index (χ0) is 13.7. The molecule has 0 aliphatic rings. The van der Waals surface area contributed by atoms with Crippen LogP contribution in [0.1, 0.15) is 20.3 Å². The molecule has 1 rings (SSSR count). The zero-order valence-electron chi connectivity index (χ0n) is 10.3. The second-order valence-electron chi connectivity index (χ2n) is 4.09. The predicted octanol–water partition coefficient (Wildman–Crippen LogP) is 2.85. The Morgan fingerprint density at radius 3 is 2.83 bits per heavy atom. The Bertz CT molecular complexity index is 439. The van der Waals surface area contributed by atoms with E-state index in [1.165, 1.54) is 0 Å². The highest BCUT2D eigenvalue weighted by Gasteiger charge is 2.16. The first-order valence-corrected chi connectivity index (χ1v) is 6.67. The van der Waals surface area contributed by atoms with E-state index in [0.29, 0.717) is 23.8 Å². The van der Waals surface area contributed by atoms with Crippen LogP contribution in [0.5, 0.6) is 0 Å². The summed E-state index contributed by atoms with van der Waals surface area (Å²) in [5.74, 6) is 0.884. The summed E-state index contributed by atoms with van der Waals surface area (Å²) >= 11 is 9.49. The summed E-state index contributed by atoms with van der Waals surface area (Å²) in [5.41, 5.74) is 5.47. The highest BCUT2D eigenvalue weighted by atomic mass is 79.9. The Labute approximate surface area is 120 Å². The van der Waals surface area contributed by atoms with Gasteiger partial charge in [0, 0.05) is 29.7 Å². The summed E-state index contributed by atoms with van der Waals surface area (Å²) in [4.78, 5) is 6.31. The SMILES string of the molecule is CC(C)N(CCC(N)=NO)c1ncc(Br)cc1Cl. The van der Waals surface area contributed by atoms with E-state index >= 15 is 0 Å². The molecule has 1 aromatic rings. The molecule has 100 valence electrons. The van der Waals surface area contributed by atoms with Gasteiger partial charge in [0.2, 0.25) is 0 Å². The van der Waals surface area contributed by atoms with Gasteiger partial charge < -0.3 is 15.8 Å². The maximum atomic E-state index is 8.54. The molecule has 0 unspecified atom stereocenters. The van der Waals surface area contributed by atoms with Crippen LogP contribution in [0.15, 0.2) is 21.9 Å². The van der Waals surface area contributed by atoms with E-state index in [1.54, 1.807) is 12.3 Å². The Hall–Kier alpha value is -1.01. The van der Waals surface area contributed by atoms with Gasteiger partial charge in [-0.1, -0.05) is 16.8 Å². The van der Waals surface area contributed by atoms with Crippen LogP contribution in [0.2, 0.25) is 5.02 Å². The smallest absolute Gasteiger partial charge is 0.147 e. The fourth-order valence-electron chi connectivity index (χ4n) is 1.51. The molecule has 1 aromatic heterocycles. The van der Waals surface area contributed by atoms with Gasteiger partial charge in [-0.25, -0.2) is 4.98 Å². The average molecular weight is 336 g/mol. The molecular formula is C11H16BrClN4O. The number of anilines is 1. The number of hydrogen-bond acceptors (Lipinski definition) is 4. The maximum absolute atomic E-state index is 8.54. The minimum Gasteiger partial charge on any atom is -0.409 e. The Morgan fingerprint density at radius 2 is 2.33 bits per heavy atom. The van der Waals surface area contributed by atoms with Gasteiger partial charge in [0.15, 0.2) is 0 Å². The topological polar surface area (TPSA) is 74.7 Å². The highest BCUT2D eigenvalue weighted by Crippen LogP contribution is 2.27. The molecule has 0 saturated heterocycles. The molecule has 3 N–H and O–H groups in total. The Balaban J connectivity index is 2.91. The van der Waals surface area contributed by atoms with Crippen molar-refractivity contribution in [1.29, 1.82) is 0 Å². The molecule has 0 saturated carbocycles. The molecule has 0 aromatic carbocycles. The van der Waals surface area contributed by atoms with Gasteiger partial charge in [0.25, 0.3) is 0 Å². The molecule has 0 spiro atoms. The molecule has 5 nitrogen and oxygen atoms in total. The van der Waals surface area contributed by atoms with Crippen LogP contribution in [0.25, 0.3) is 0 Å². The summed E-state index contributed by atoms with van der Waals surface area (Å²) in [6, 6.07) is 2.01. The van der Waals surface area contributed by atoms with E-state index in [2.05, 4.69) is 26.1 Å². The number of rotatable bonds is 5. The molecule has 0 bridgehead atoms. The van der Waals surface area contributed by atoms with Gasteiger partial charge in [0.1, 0.15) is 11.7 Å². The number of amidine groups is 1. The summed E-state index contributed by atoms with van der Waals surface area (Å²) in [7, 11) is 0. The van der Waals surface area contributed by atoms with Crippen molar-refractivity contribution in [1.82, 2.24) is 4.98 Å². The molecule has 0 aliphatic heterocycles. The number of pyridine rings is 1. The van der Waals surface area contributed by atoms with Gasteiger partial charge in [-0.05, 0) is 35.8 Å². The molecule has 0 fully saturated rings. The monoisotopic (exact) mass is 334 g/mol. The van der Waals surface area contributed by atoms with Gasteiger partial charge in [0.05, 0.1) is 5.02 Å². The lowest BCUT2D eigenvalue weighted by atomic mass is 10.2. The molecule has 0 radical (unpaired) electrons. The third-order valence-corrected chi connectivity index (χ3v) is 3.13. The van der Waals surface area contributed by atoms with Crippen LogP contribution in [0.4, 0.5) is 5.82 Å². The lowest BCUT2D eigenvalue weighted by molar-refractivity contribution is 0.317. The Morgan fingerprint density at radius 1 is 1.67 bits per heavy atom. The van der Waals surface area contributed by atoms with E-state index in [0.717, 1.165) is 4.47 Å². The van der Waals surface area contributed by atoms with Crippen molar-refractivity contribution in [2.24, 2.45) is 10.9 Å². The predicted molar refractivity (Wildman–Crippen MR) is 77.5 cm³/mol. The van der Waals surface area contributed by atoms with Gasteiger partial charge in [-0.15, -0.1) is 0 Å². The van der Waals surface area contributed by atoms with E-state index in [-0.39, 0.29) is 11.9 Å². The maximum Gasteiger partial charge on any atom is 0.147 e. The van der Waals surface area contributed by atoms with Crippen LogP contribution < -0.4 is 10.6 Å². The van der Waals surface area contributed by atoms with Crippen molar-refractivity contribution in [3.05, 3.63) is 21.8 Å². The van der Waals surface area contributed by atoms with Crippen molar-refractivity contribution in [2.45, 2.75) is 26.3 Å². The molecule has 0 aliphatic carbocycles. The third kappa shape index (κ3) is 4.03. The van der Waals surface area contributed by atoms with E-state index in [9.17, 15) is 0 Å². The number of oxime groups is 1. The second kappa shape index (κ2) is 6.80. The number of aromatic nitrogens is 1. The largest absolute Gasteiger partial charge is 0.409 e. The molecule has 0 amide bonds. The van der Waals surface area contributed by atoms with Crippen LogP contribution >= 0.6 is 27.5 Å². The van der Waals surface area contributed by atoms with Crippen LogP contribution in [0, 0.1) is 0 Å². The summed E-state index contributed by atoms with van der Waals surface area (Å²) in [6.07, 6.45) is 2.14. The van der Waals surface area contributed by atoms with Gasteiger partial charge in [-0.2, -0.15) is 0 Å². The van der Waals surface area contributed by atoms with Crippen molar-refractivity contribution in [3.63, 3.8) is 0 Å². The van der Waals surface area contributed by atoms with E-state index in [1.807, 2.05) is 18.7 Å². The van der Waals surface area contributed by atoms with Crippen LogP contribution in [-0.4, -0.2) is 28.6 Å². The minimum atomic E-state index is 0.189. The first-order valence-electron chi connectivity index (χ1n) is 5.49. The minimum absolute atomic E-state index is 0.189. The van der Waals surface area contributed by atoms with Crippen molar-refractivity contribution >= 4 is 39.2 Å². The number of nitrogens with two attached hydrogens (primary N) is 1. The quantitative estimate of drug-likeness (QED) is 0.375. The lowest BCUT2D eigenvalue weighted by Gasteiger charge is -2.28. The average Bonchev–Trinajstić information content (AvgIpc) is 2.31. The molecule has 18 heavy (non-hydrogen) atoms. The molecule has 1 heterocycles. The normalized spacial score (nSPS) is 11.9. The zero-order valence-corrected chi connectivity index (χ0v) is 12.6. The standard InChI is InChI=1S/C11H16BrClN4O/c1-7(2)17(4-3-10(14)16-18)11-9(13)5-8(12)6-15-11/h5-7,18H,3-4H2,1-2H3,(H2,14,16). The van der Waals surface area contributed by atoms with Crippen molar-refractivity contribution in [2.75, 3.05) is 11.4 Å². The van der Waals surface area contributed by atoms with Gasteiger partial charge in [-0.3, -0.25) is 0 Å². The van der Waals surface area contributed by atoms with E-state index in [4.69, 9.17) is 22.5 Å². The summed E-state index contributed by atoms with van der Waals surface area (Å²) < 4.78 is 0.830. The second-order valence-corrected chi connectivity index (χ2v) is 5.41. The van der Waals surface area contributed by atoms with E-state index < -0.39 is 0 Å². The molecule has 7 heteroatoms.